The number of nitrogens with one attached hydrogen (secondary N) is 1. The second-order valence-corrected chi connectivity index (χ2v) is 6.88. The Hall–Kier alpha value is -1.43. The molecule has 2 unspecified atom stereocenters. The number of aryl methyl sites for hydroxylation is 1. The summed E-state index contributed by atoms with van der Waals surface area (Å²) in [6, 6.07) is -0.653. The van der Waals surface area contributed by atoms with Crippen LogP contribution >= 0.6 is 11.3 Å². The third kappa shape index (κ3) is 2.44. The molecule has 1 saturated carbocycles. The van der Waals surface area contributed by atoms with Crippen LogP contribution in [0.1, 0.15) is 36.1 Å². The zero-order valence-electron chi connectivity index (χ0n) is 11.8. The number of amides is 2. The van der Waals surface area contributed by atoms with Gasteiger partial charge in [-0.05, 0) is 32.1 Å². The fourth-order valence-corrected chi connectivity index (χ4v) is 3.57. The van der Waals surface area contributed by atoms with Crippen LogP contribution in [0.15, 0.2) is 6.20 Å². The maximum atomic E-state index is 12.6. The molecular formula is C14H19N3O2S. The Balaban J connectivity index is 1.82. The fourth-order valence-electron chi connectivity index (χ4n) is 2.77. The highest BCUT2D eigenvalue weighted by Crippen LogP contribution is 2.35. The number of thiazole rings is 1. The summed E-state index contributed by atoms with van der Waals surface area (Å²) in [4.78, 5) is 31.8. The largest absolute Gasteiger partial charge is 0.342 e. The van der Waals surface area contributed by atoms with Gasteiger partial charge in [-0.2, -0.15) is 0 Å². The Morgan fingerprint density at radius 3 is 2.75 bits per heavy atom. The van der Waals surface area contributed by atoms with Gasteiger partial charge in [-0.3, -0.25) is 9.59 Å². The molecule has 1 aromatic heterocycles. The monoisotopic (exact) mass is 293 g/mol. The number of rotatable bonds is 4. The van der Waals surface area contributed by atoms with Crippen molar-refractivity contribution < 1.29 is 9.59 Å². The molecule has 2 amide bonds. The van der Waals surface area contributed by atoms with Crippen molar-refractivity contribution in [3.63, 3.8) is 0 Å². The third-order valence-electron chi connectivity index (χ3n) is 4.00. The van der Waals surface area contributed by atoms with Gasteiger partial charge in [0.2, 0.25) is 11.8 Å². The molecule has 1 saturated heterocycles. The van der Waals surface area contributed by atoms with E-state index in [4.69, 9.17) is 0 Å². The van der Waals surface area contributed by atoms with Crippen LogP contribution in [-0.2, 0) is 16.1 Å². The Labute approximate surface area is 122 Å². The second-order valence-electron chi connectivity index (χ2n) is 5.56. The van der Waals surface area contributed by atoms with Gasteiger partial charge in [-0.25, -0.2) is 4.98 Å². The average molecular weight is 293 g/mol. The van der Waals surface area contributed by atoms with Crippen molar-refractivity contribution in [2.45, 2.75) is 51.7 Å². The molecule has 108 valence electrons. The lowest BCUT2D eigenvalue weighted by Gasteiger charge is -2.38. The highest BCUT2D eigenvalue weighted by molar-refractivity contribution is 7.11. The lowest BCUT2D eigenvalue weighted by atomic mass is 10.0. The molecule has 1 aromatic rings. The first-order valence-corrected chi connectivity index (χ1v) is 7.94. The SMILES string of the molecule is CCC1C(=O)NC(C2CC2)C(=O)N1Cc1cnc(C)s1. The summed E-state index contributed by atoms with van der Waals surface area (Å²) in [6.45, 7) is 4.39. The first-order chi connectivity index (χ1) is 9.60. The zero-order chi connectivity index (χ0) is 14.3. The Morgan fingerprint density at radius 2 is 2.20 bits per heavy atom. The first kappa shape index (κ1) is 13.5. The maximum Gasteiger partial charge on any atom is 0.246 e. The van der Waals surface area contributed by atoms with Crippen LogP contribution in [0.4, 0.5) is 0 Å². The summed E-state index contributed by atoms with van der Waals surface area (Å²) in [6.07, 6.45) is 4.54. The van der Waals surface area contributed by atoms with E-state index in [0.717, 1.165) is 22.7 Å². The lowest BCUT2D eigenvalue weighted by molar-refractivity contribution is -0.150. The highest BCUT2D eigenvalue weighted by Gasteiger charge is 2.46. The molecule has 2 fully saturated rings. The van der Waals surface area contributed by atoms with Gasteiger partial charge in [0.1, 0.15) is 12.1 Å². The molecule has 1 N–H and O–H groups in total. The topological polar surface area (TPSA) is 62.3 Å². The number of hydrogen-bond acceptors (Lipinski definition) is 4. The lowest BCUT2D eigenvalue weighted by Crippen LogP contribution is -2.63. The van der Waals surface area contributed by atoms with Crippen molar-refractivity contribution in [1.29, 1.82) is 0 Å². The summed E-state index contributed by atoms with van der Waals surface area (Å²) in [5, 5.41) is 3.89. The molecule has 3 rings (SSSR count). The zero-order valence-corrected chi connectivity index (χ0v) is 12.6. The predicted molar refractivity (Wildman–Crippen MR) is 76.1 cm³/mol. The minimum Gasteiger partial charge on any atom is -0.342 e. The number of aromatic nitrogens is 1. The Kier molecular flexibility index (Phi) is 3.50. The summed E-state index contributed by atoms with van der Waals surface area (Å²) in [7, 11) is 0. The van der Waals surface area contributed by atoms with Crippen molar-refractivity contribution in [1.82, 2.24) is 15.2 Å². The minimum absolute atomic E-state index is 0.00904. The second kappa shape index (κ2) is 5.16. The van der Waals surface area contributed by atoms with Gasteiger partial charge in [0.05, 0.1) is 11.6 Å². The molecule has 5 nitrogen and oxygen atoms in total. The van der Waals surface area contributed by atoms with E-state index in [9.17, 15) is 9.59 Å². The van der Waals surface area contributed by atoms with Gasteiger partial charge in [-0.1, -0.05) is 6.92 Å². The predicted octanol–water partition coefficient (Wildman–Crippen LogP) is 1.47. The summed E-state index contributed by atoms with van der Waals surface area (Å²) < 4.78 is 0. The van der Waals surface area contributed by atoms with Gasteiger partial charge in [0.25, 0.3) is 0 Å². The van der Waals surface area contributed by atoms with Gasteiger partial charge < -0.3 is 10.2 Å². The number of piperazine rings is 1. The molecule has 0 spiro atoms. The molecule has 2 heterocycles. The van der Waals surface area contributed by atoms with Crippen molar-refractivity contribution in [3.8, 4) is 0 Å². The average Bonchev–Trinajstić information content (AvgIpc) is 3.17. The summed E-state index contributed by atoms with van der Waals surface area (Å²) >= 11 is 1.59. The van der Waals surface area contributed by atoms with Crippen molar-refractivity contribution in [2.75, 3.05) is 0 Å². The molecular weight excluding hydrogens is 274 g/mol. The van der Waals surface area contributed by atoms with E-state index in [0.29, 0.717) is 18.9 Å². The fraction of sp³-hybridized carbons (Fsp3) is 0.643. The van der Waals surface area contributed by atoms with E-state index < -0.39 is 0 Å². The quantitative estimate of drug-likeness (QED) is 0.914. The number of carbonyl (C=O) groups excluding carboxylic acids is 2. The van der Waals surface area contributed by atoms with E-state index in [2.05, 4.69) is 10.3 Å². The standard InChI is InChI=1S/C14H19N3O2S/c1-3-11-13(18)16-12(9-4-5-9)14(19)17(11)7-10-6-15-8(2)20-10/h6,9,11-12H,3-5,7H2,1-2H3,(H,16,18). The van der Waals surface area contributed by atoms with Gasteiger partial charge in [-0.15, -0.1) is 11.3 Å². The number of carbonyl (C=O) groups is 2. The van der Waals surface area contributed by atoms with Crippen molar-refractivity contribution >= 4 is 23.2 Å². The number of nitrogens with zero attached hydrogens (tertiary/aromatic N) is 2. The Morgan fingerprint density at radius 1 is 1.45 bits per heavy atom. The van der Waals surface area contributed by atoms with Crippen LogP contribution in [0, 0.1) is 12.8 Å². The van der Waals surface area contributed by atoms with E-state index in [1.165, 1.54) is 0 Å². The van der Waals surface area contributed by atoms with Crippen LogP contribution < -0.4 is 5.32 Å². The summed E-state index contributed by atoms with van der Waals surface area (Å²) in [5.41, 5.74) is 0. The molecule has 20 heavy (non-hydrogen) atoms. The highest BCUT2D eigenvalue weighted by atomic mass is 32.1. The van der Waals surface area contributed by atoms with Crippen LogP contribution in [0.25, 0.3) is 0 Å². The van der Waals surface area contributed by atoms with Gasteiger partial charge in [0, 0.05) is 11.1 Å². The number of hydrogen-bond donors (Lipinski definition) is 1. The Bertz CT molecular complexity index is 538. The minimum atomic E-state index is -0.347. The van der Waals surface area contributed by atoms with E-state index in [-0.39, 0.29) is 23.9 Å². The molecule has 6 heteroatoms. The van der Waals surface area contributed by atoms with Crippen LogP contribution in [-0.4, -0.2) is 33.8 Å². The van der Waals surface area contributed by atoms with E-state index in [1.807, 2.05) is 13.8 Å². The van der Waals surface area contributed by atoms with Crippen LogP contribution in [0.2, 0.25) is 0 Å². The van der Waals surface area contributed by atoms with E-state index in [1.54, 1.807) is 22.4 Å². The molecule has 2 aliphatic rings. The molecule has 1 aliphatic carbocycles. The van der Waals surface area contributed by atoms with Crippen LogP contribution in [0.3, 0.4) is 0 Å². The van der Waals surface area contributed by atoms with Crippen LogP contribution in [0.5, 0.6) is 0 Å². The first-order valence-electron chi connectivity index (χ1n) is 7.12. The molecule has 0 aromatic carbocycles. The van der Waals surface area contributed by atoms with Crippen molar-refractivity contribution in [3.05, 3.63) is 16.1 Å². The third-order valence-corrected chi connectivity index (χ3v) is 4.90. The molecule has 0 radical (unpaired) electrons. The summed E-state index contributed by atoms with van der Waals surface area (Å²) in [5.74, 6) is 0.408. The molecule has 0 bridgehead atoms. The normalized spacial score (nSPS) is 26.8. The van der Waals surface area contributed by atoms with Gasteiger partial charge >= 0.3 is 0 Å². The van der Waals surface area contributed by atoms with Gasteiger partial charge in [0.15, 0.2) is 0 Å². The molecule has 1 aliphatic heterocycles. The molecule has 2 atom stereocenters. The maximum absolute atomic E-state index is 12.6. The smallest absolute Gasteiger partial charge is 0.246 e. The van der Waals surface area contributed by atoms with Crippen molar-refractivity contribution in [2.24, 2.45) is 5.92 Å². The van der Waals surface area contributed by atoms with E-state index >= 15 is 0 Å².